The smallest absolute Gasteiger partial charge is 0.309 e. The van der Waals surface area contributed by atoms with Gasteiger partial charge in [-0.05, 0) is 135 Å². The molecule has 0 N–H and O–H groups in total. The van der Waals surface area contributed by atoms with Crippen LogP contribution >= 0.6 is 0 Å². The van der Waals surface area contributed by atoms with Gasteiger partial charge in [-0.1, -0.05) is 164 Å². The first-order valence-corrected chi connectivity index (χ1v) is 25.3. The van der Waals surface area contributed by atoms with E-state index in [-0.39, 0.29) is 16.7 Å². The molecule has 0 atom stereocenters. The van der Waals surface area contributed by atoms with Gasteiger partial charge in [0.15, 0.2) is 0 Å². The van der Waals surface area contributed by atoms with Crippen molar-refractivity contribution in [3.05, 3.63) is 265 Å². The number of hydrogen-bond acceptors (Lipinski definition) is 1. The van der Waals surface area contributed by atoms with Crippen LogP contribution in [0.25, 0.3) is 122 Å². The lowest BCUT2D eigenvalue weighted by Gasteiger charge is -2.23. The van der Waals surface area contributed by atoms with E-state index in [1.165, 1.54) is 12.1 Å². The van der Waals surface area contributed by atoms with Crippen molar-refractivity contribution in [2.45, 2.75) is 12.4 Å². The van der Waals surface area contributed by atoms with Gasteiger partial charge < -0.3 is 9.13 Å². The minimum atomic E-state index is -5.16. The molecule has 0 bridgehead atoms. The zero-order valence-electron chi connectivity index (χ0n) is 41.3. The van der Waals surface area contributed by atoms with Gasteiger partial charge in [-0.3, -0.25) is 0 Å². The third-order valence-corrected chi connectivity index (χ3v) is 14.8. The van der Waals surface area contributed by atoms with Crippen LogP contribution in [0, 0.1) is 11.3 Å². The Balaban J connectivity index is 1.16. The number of aromatic nitrogens is 2. The Morgan fingerprint density at radius 1 is 0.295 bits per heavy atom. The normalized spacial score (nSPS) is 12.0. The summed E-state index contributed by atoms with van der Waals surface area (Å²) < 4.78 is 95.3. The Bertz CT molecular complexity index is 4280. The number of nitrogens with zero attached hydrogens (tertiary/aromatic N) is 3. The molecule has 0 saturated carbocycles. The number of halogens is 6. The molecule has 374 valence electrons. The molecule has 0 fully saturated rings. The summed E-state index contributed by atoms with van der Waals surface area (Å²) in [7, 11) is 0. The zero-order valence-corrected chi connectivity index (χ0v) is 41.3. The molecule has 78 heavy (non-hydrogen) atoms. The van der Waals surface area contributed by atoms with Crippen LogP contribution in [-0.4, -0.2) is 9.13 Å². The maximum Gasteiger partial charge on any atom is 0.417 e. The van der Waals surface area contributed by atoms with E-state index in [1.807, 2.05) is 180 Å². The van der Waals surface area contributed by atoms with E-state index in [0.717, 1.165) is 94.2 Å². The topological polar surface area (TPSA) is 33.6 Å². The fourth-order valence-corrected chi connectivity index (χ4v) is 11.3. The molecule has 2 heterocycles. The van der Waals surface area contributed by atoms with Gasteiger partial charge in [-0.25, -0.2) is 0 Å². The molecule has 0 aliphatic heterocycles. The Hall–Kier alpha value is -9.91. The summed E-state index contributed by atoms with van der Waals surface area (Å²) in [4.78, 5) is 0. The maximum absolute atomic E-state index is 15.2. The van der Waals surface area contributed by atoms with E-state index < -0.39 is 29.0 Å². The van der Waals surface area contributed by atoms with Crippen LogP contribution < -0.4 is 0 Å². The summed E-state index contributed by atoms with van der Waals surface area (Å²) in [5.41, 5.74) is 8.20. The van der Waals surface area contributed by atoms with Crippen molar-refractivity contribution in [2.75, 3.05) is 0 Å². The van der Waals surface area contributed by atoms with Crippen molar-refractivity contribution in [1.29, 1.82) is 5.26 Å². The number of benzene rings is 11. The average molecular weight is 1030 g/mol. The average Bonchev–Trinajstić information content (AvgIpc) is 4.15. The molecule has 9 heteroatoms. The van der Waals surface area contributed by atoms with E-state index in [9.17, 15) is 5.26 Å². The molecule has 0 aliphatic carbocycles. The molecule has 0 saturated heterocycles. The summed E-state index contributed by atoms with van der Waals surface area (Å²) in [5, 5.41) is 14.8. The summed E-state index contributed by atoms with van der Waals surface area (Å²) in [6.45, 7) is 0. The molecule has 0 amide bonds. The van der Waals surface area contributed by atoms with Gasteiger partial charge in [-0.2, -0.15) is 31.6 Å². The summed E-state index contributed by atoms with van der Waals surface area (Å²) in [6.07, 6.45) is -10.3. The minimum absolute atomic E-state index is 0.154. The van der Waals surface area contributed by atoms with Gasteiger partial charge in [0.1, 0.15) is 0 Å². The maximum atomic E-state index is 15.2. The zero-order chi connectivity index (χ0) is 53.3. The standard InChI is InChI=1S/C69H41F6N3/c70-68(71,72)58-24-14-25-59(69(73,74)75)67(58)51-31-36-64(77-60-32-27-47(43-15-5-1-6-16-43)37-53(60)54-38-48(28-33-61(54)77)44-17-7-2-8-18-44)57(41-51)66-52(42-76)23-13-26-65(66)78-62-34-29-49(45-19-9-3-10-20-45)39-55(62)56-40-50(30-35-63(56)78)46-21-11-4-12-22-46/h1-41H. The number of alkyl halides is 6. The third kappa shape index (κ3) is 8.17. The second-order valence-corrected chi connectivity index (χ2v) is 19.3. The summed E-state index contributed by atoms with van der Waals surface area (Å²) in [5.74, 6) is 0. The molecule has 0 unspecified atom stereocenters. The van der Waals surface area contributed by atoms with Crippen LogP contribution in [0.3, 0.4) is 0 Å². The van der Waals surface area contributed by atoms with Crippen LogP contribution in [0.1, 0.15) is 16.7 Å². The molecule has 2 aromatic heterocycles. The van der Waals surface area contributed by atoms with Crippen LogP contribution in [0.2, 0.25) is 0 Å². The Kier molecular flexibility index (Phi) is 11.5. The van der Waals surface area contributed by atoms with E-state index in [4.69, 9.17) is 0 Å². The predicted octanol–water partition coefficient (Wildman–Crippen LogP) is 19.8. The van der Waals surface area contributed by atoms with Crippen molar-refractivity contribution < 1.29 is 26.3 Å². The summed E-state index contributed by atoms with van der Waals surface area (Å²) >= 11 is 0. The predicted molar refractivity (Wildman–Crippen MR) is 302 cm³/mol. The van der Waals surface area contributed by atoms with Gasteiger partial charge in [-0.15, -0.1) is 0 Å². The second-order valence-electron chi connectivity index (χ2n) is 19.3. The molecule has 3 nitrogen and oxygen atoms in total. The molecule has 13 aromatic rings. The quantitative estimate of drug-likeness (QED) is 0.140. The first kappa shape index (κ1) is 47.8. The van der Waals surface area contributed by atoms with E-state index >= 15 is 26.3 Å². The molecule has 13 rings (SSSR count). The van der Waals surface area contributed by atoms with Crippen molar-refractivity contribution in [1.82, 2.24) is 9.13 Å². The number of nitriles is 1. The van der Waals surface area contributed by atoms with Gasteiger partial charge in [0.05, 0.1) is 56.2 Å². The number of fused-ring (bicyclic) bond motifs is 6. The number of hydrogen-bond donors (Lipinski definition) is 0. The van der Waals surface area contributed by atoms with Crippen molar-refractivity contribution in [2.24, 2.45) is 0 Å². The highest BCUT2D eigenvalue weighted by molar-refractivity contribution is 6.14. The first-order valence-electron chi connectivity index (χ1n) is 25.3. The molecular weight excluding hydrogens is 985 g/mol. The minimum Gasteiger partial charge on any atom is -0.309 e. The highest BCUT2D eigenvalue weighted by Crippen LogP contribution is 2.49. The van der Waals surface area contributed by atoms with Crippen LogP contribution in [0.5, 0.6) is 0 Å². The van der Waals surface area contributed by atoms with Crippen LogP contribution in [-0.2, 0) is 12.4 Å². The molecule has 0 radical (unpaired) electrons. The Labute approximate surface area is 444 Å². The Morgan fingerprint density at radius 3 is 1.00 bits per heavy atom. The van der Waals surface area contributed by atoms with Gasteiger partial charge in [0.2, 0.25) is 0 Å². The summed E-state index contributed by atoms with van der Waals surface area (Å²) in [6, 6.07) is 78.6. The van der Waals surface area contributed by atoms with Gasteiger partial charge in [0.25, 0.3) is 0 Å². The molecule has 11 aromatic carbocycles. The fraction of sp³-hybridized carbons (Fsp3) is 0.0290. The van der Waals surface area contributed by atoms with Crippen LogP contribution in [0.15, 0.2) is 249 Å². The van der Waals surface area contributed by atoms with Crippen LogP contribution in [0.4, 0.5) is 26.3 Å². The fourth-order valence-electron chi connectivity index (χ4n) is 11.3. The van der Waals surface area contributed by atoms with E-state index in [2.05, 4.69) is 34.9 Å². The lowest BCUT2D eigenvalue weighted by Crippen LogP contribution is -2.14. The molecular formula is C69H41F6N3. The highest BCUT2D eigenvalue weighted by Gasteiger charge is 2.41. The second kappa shape index (κ2) is 18.7. The molecule has 0 spiro atoms. The van der Waals surface area contributed by atoms with Gasteiger partial charge in [0, 0.05) is 38.2 Å². The first-order chi connectivity index (χ1) is 37.9. The Morgan fingerprint density at radius 2 is 0.641 bits per heavy atom. The van der Waals surface area contributed by atoms with Crippen molar-refractivity contribution in [3.8, 4) is 84.2 Å². The molecule has 0 aliphatic rings. The monoisotopic (exact) mass is 1030 g/mol. The van der Waals surface area contributed by atoms with Gasteiger partial charge >= 0.3 is 12.4 Å². The highest BCUT2D eigenvalue weighted by atomic mass is 19.4. The lowest BCUT2D eigenvalue weighted by atomic mass is 9.89. The third-order valence-electron chi connectivity index (χ3n) is 14.8. The van der Waals surface area contributed by atoms with Crippen molar-refractivity contribution in [3.63, 3.8) is 0 Å². The van der Waals surface area contributed by atoms with E-state index in [1.54, 1.807) is 18.2 Å². The van der Waals surface area contributed by atoms with E-state index in [0.29, 0.717) is 29.1 Å². The SMILES string of the molecule is N#Cc1cccc(-n2c3ccc(-c4ccccc4)cc3c3cc(-c4ccccc4)ccc32)c1-c1cc(-c2c(C(F)(F)F)cccc2C(F)(F)F)ccc1-n1c2ccc(-c3ccccc3)cc2c2cc(-c3ccccc3)ccc21. The lowest BCUT2D eigenvalue weighted by molar-refractivity contribution is -0.142. The van der Waals surface area contributed by atoms with Crippen molar-refractivity contribution >= 4 is 43.6 Å². The number of rotatable bonds is 8. The largest absolute Gasteiger partial charge is 0.417 e.